The summed E-state index contributed by atoms with van der Waals surface area (Å²) in [6, 6.07) is 3.77. The van der Waals surface area contributed by atoms with Crippen molar-refractivity contribution in [3.05, 3.63) is 21.3 Å². The van der Waals surface area contributed by atoms with Gasteiger partial charge in [-0.1, -0.05) is 18.0 Å². The van der Waals surface area contributed by atoms with Crippen LogP contribution in [0.2, 0.25) is 4.34 Å². The molecule has 0 bridgehead atoms. The highest BCUT2D eigenvalue weighted by molar-refractivity contribution is 7.16. The molecule has 0 spiro atoms. The Hall–Kier alpha value is -0.0900. The van der Waals surface area contributed by atoms with E-state index in [9.17, 15) is 5.11 Å². The molecule has 0 aliphatic carbocycles. The number of hydrogen-bond donors (Lipinski definition) is 1. The molecule has 1 aromatic heterocycles. The third kappa shape index (κ3) is 3.18. The largest absolute Gasteiger partial charge is 0.386 e. The molecule has 15 heavy (non-hydrogen) atoms. The summed E-state index contributed by atoms with van der Waals surface area (Å²) in [5.41, 5.74) is 0. The van der Waals surface area contributed by atoms with Crippen LogP contribution in [0.25, 0.3) is 0 Å². The molecule has 4 heteroatoms. The van der Waals surface area contributed by atoms with Crippen molar-refractivity contribution in [1.29, 1.82) is 0 Å². The van der Waals surface area contributed by atoms with Gasteiger partial charge in [0.15, 0.2) is 0 Å². The Morgan fingerprint density at radius 3 is 2.67 bits per heavy atom. The second-order valence-electron chi connectivity index (χ2n) is 4.02. The first-order valence-corrected chi connectivity index (χ1v) is 6.61. The lowest BCUT2D eigenvalue weighted by molar-refractivity contribution is 0.104. The Balaban J connectivity index is 1.88. The van der Waals surface area contributed by atoms with Gasteiger partial charge in [0, 0.05) is 11.4 Å². The van der Waals surface area contributed by atoms with Crippen molar-refractivity contribution in [3.8, 4) is 0 Å². The first-order chi connectivity index (χ1) is 7.25. The molecule has 0 radical (unpaired) electrons. The molecule has 1 aliphatic rings. The van der Waals surface area contributed by atoms with Crippen LogP contribution in [0.4, 0.5) is 0 Å². The summed E-state index contributed by atoms with van der Waals surface area (Å²) < 4.78 is 0.752. The molecule has 2 rings (SSSR count). The fourth-order valence-corrected chi connectivity index (χ4v) is 3.02. The van der Waals surface area contributed by atoms with Gasteiger partial charge in [-0.25, -0.2) is 0 Å². The zero-order valence-corrected chi connectivity index (χ0v) is 10.2. The highest BCUT2D eigenvalue weighted by atomic mass is 35.5. The molecular weight excluding hydrogens is 230 g/mol. The maximum atomic E-state index is 10.00. The van der Waals surface area contributed by atoms with E-state index in [1.807, 2.05) is 12.1 Å². The summed E-state index contributed by atoms with van der Waals surface area (Å²) in [7, 11) is 0. The minimum atomic E-state index is -0.374. The van der Waals surface area contributed by atoms with Gasteiger partial charge in [0.25, 0.3) is 0 Å². The molecule has 0 amide bonds. The fraction of sp³-hybridized carbons (Fsp3) is 0.636. The molecule has 1 saturated heterocycles. The number of hydrogen-bond acceptors (Lipinski definition) is 3. The summed E-state index contributed by atoms with van der Waals surface area (Å²) in [4.78, 5) is 3.31. The van der Waals surface area contributed by atoms with Crippen LogP contribution in [-0.4, -0.2) is 29.6 Å². The molecule has 1 fully saturated rings. The number of β-amino-alcohol motifs (C(OH)–C–C–N with tert-alkyl or cyclic N) is 1. The van der Waals surface area contributed by atoms with E-state index in [4.69, 9.17) is 11.6 Å². The minimum absolute atomic E-state index is 0.374. The minimum Gasteiger partial charge on any atom is -0.386 e. The quantitative estimate of drug-likeness (QED) is 0.885. The van der Waals surface area contributed by atoms with Crippen LogP contribution in [0, 0.1) is 0 Å². The van der Waals surface area contributed by atoms with Gasteiger partial charge in [0.2, 0.25) is 0 Å². The van der Waals surface area contributed by atoms with Crippen LogP contribution in [-0.2, 0) is 0 Å². The van der Waals surface area contributed by atoms with Crippen LogP contribution >= 0.6 is 22.9 Å². The number of nitrogens with zero attached hydrogens (tertiary/aromatic N) is 1. The zero-order chi connectivity index (χ0) is 10.7. The van der Waals surface area contributed by atoms with Gasteiger partial charge >= 0.3 is 0 Å². The van der Waals surface area contributed by atoms with Crippen LogP contribution in [0.1, 0.15) is 30.2 Å². The first-order valence-electron chi connectivity index (χ1n) is 5.41. The van der Waals surface area contributed by atoms with Gasteiger partial charge in [0.1, 0.15) is 6.10 Å². The smallest absolute Gasteiger partial charge is 0.101 e. The van der Waals surface area contributed by atoms with E-state index in [0.29, 0.717) is 0 Å². The van der Waals surface area contributed by atoms with E-state index in [1.54, 1.807) is 0 Å². The topological polar surface area (TPSA) is 23.5 Å². The van der Waals surface area contributed by atoms with Crippen molar-refractivity contribution in [2.45, 2.75) is 25.4 Å². The molecule has 1 unspecified atom stereocenters. The molecule has 1 aromatic rings. The Bertz CT molecular complexity index is 309. The van der Waals surface area contributed by atoms with E-state index in [-0.39, 0.29) is 6.10 Å². The van der Waals surface area contributed by atoms with E-state index in [0.717, 1.165) is 28.8 Å². The van der Waals surface area contributed by atoms with Crippen molar-refractivity contribution in [3.63, 3.8) is 0 Å². The number of rotatable bonds is 3. The second kappa shape index (κ2) is 5.30. The number of halogens is 1. The molecule has 1 N–H and O–H groups in total. The summed E-state index contributed by atoms with van der Waals surface area (Å²) in [6.45, 7) is 2.99. The van der Waals surface area contributed by atoms with Crippen LogP contribution in [0.3, 0.4) is 0 Å². The van der Waals surface area contributed by atoms with E-state index < -0.39 is 0 Å². The van der Waals surface area contributed by atoms with Gasteiger partial charge in [-0.3, -0.25) is 0 Å². The molecule has 1 aliphatic heterocycles. The molecule has 2 heterocycles. The molecule has 0 aromatic carbocycles. The number of piperidine rings is 1. The Morgan fingerprint density at radius 1 is 1.33 bits per heavy atom. The van der Waals surface area contributed by atoms with Crippen molar-refractivity contribution in [1.82, 2.24) is 4.90 Å². The average molecular weight is 246 g/mol. The lowest BCUT2D eigenvalue weighted by Crippen LogP contribution is -2.33. The molecule has 1 atom stereocenters. The molecule has 0 saturated carbocycles. The van der Waals surface area contributed by atoms with Gasteiger partial charge < -0.3 is 10.0 Å². The van der Waals surface area contributed by atoms with Crippen molar-refractivity contribution in [2.24, 2.45) is 0 Å². The summed E-state index contributed by atoms with van der Waals surface area (Å²) in [6.07, 6.45) is 3.48. The standard InChI is InChI=1S/C11H16ClNOS/c12-11-5-4-10(15-11)9(14)8-13-6-2-1-3-7-13/h4-5,9,14H,1-3,6-8H2. The Kier molecular flexibility index (Phi) is 4.03. The Morgan fingerprint density at radius 2 is 2.07 bits per heavy atom. The van der Waals surface area contributed by atoms with E-state index >= 15 is 0 Å². The number of likely N-dealkylation sites (tertiary alicyclic amines) is 1. The van der Waals surface area contributed by atoms with Gasteiger partial charge in [0.05, 0.1) is 4.34 Å². The lowest BCUT2D eigenvalue weighted by atomic mass is 10.1. The lowest BCUT2D eigenvalue weighted by Gasteiger charge is -2.28. The van der Waals surface area contributed by atoms with Crippen LogP contribution in [0.15, 0.2) is 12.1 Å². The molecular formula is C11H16ClNOS. The van der Waals surface area contributed by atoms with Crippen molar-refractivity contribution in [2.75, 3.05) is 19.6 Å². The second-order valence-corrected chi connectivity index (χ2v) is 5.77. The highest BCUT2D eigenvalue weighted by Gasteiger charge is 2.16. The van der Waals surface area contributed by atoms with Crippen molar-refractivity contribution < 1.29 is 5.11 Å². The zero-order valence-electron chi connectivity index (χ0n) is 8.66. The van der Waals surface area contributed by atoms with Crippen LogP contribution in [0.5, 0.6) is 0 Å². The number of thiophene rings is 1. The predicted octanol–water partition coefficient (Wildman–Crippen LogP) is 2.92. The maximum absolute atomic E-state index is 10.00. The van der Waals surface area contributed by atoms with Gasteiger partial charge in [-0.05, 0) is 38.1 Å². The van der Waals surface area contributed by atoms with Gasteiger partial charge in [-0.2, -0.15) is 0 Å². The van der Waals surface area contributed by atoms with Crippen molar-refractivity contribution >= 4 is 22.9 Å². The number of aliphatic hydroxyl groups excluding tert-OH is 1. The fourth-order valence-electron chi connectivity index (χ4n) is 1.98. The molecule has 84 valence electrons. The summed E-state index contributed by atoms with van der Waals surface area (Å²) in [5, 5.41) is 10.00. The maximum Gasteiger partial charge on any atom is 0.101 e. The normalized spacial score (nSPS) is 20.4. The Labute approximate surface area is 99.5 Å². The van der Waals surface area contributed by atoms with Crippen LogP contribution < -0.4 is 0 Å². The third-order valence-electron chi connectivity index (χ3n) is 2.80. The highest BCUT2D eigenvalue weighted by Crippen LogP contribution is 2.27. The summed E-state index contributed by atoms with van der Waals surface area (Å²) >= 11 is 7.31. The predicted molar refractivity (Wildman–Crippen MR) is 64.6 cm³/mol. The third-order valence-corrected chi connectivity index (χ3v) is 4.13. The van der Waals surface area contributed by atoms with E-state index in [2.05, 4.69) is 4.90 Å². The summed E-state index contributed by atoms with van der Waals surface area (Å²) in [5.74, 6) is 0. The first kappa shape index (κ1) is 11.4. The average Bonchev–Trinajstić information content (AvgIpc) is 2.66. The number of aliphatic hydroxyl groups is 1. The monoisotopic (exact) mass is 245 g/mol. The van der Waals surface area contributed by atoms with E-state index in [1.165, 1.54) is 30.6 Å². The SMILES string of the molecule is OC(CN1CCCCC1)c1ccc(Cl)s1. The molecule has 2 nitrogen and oxygen atoms in total. The van der Waals surface area contributed by atoms with Gasteiger partial charge in [-0.15, -0.1) is 11.3 Å².